The third-order valence-electron chi connectivity index (χ3n) is 4.05. The molecule has 0 spiro atoms. The maximum Gasteiger partial charge on any atom is 0.0406 e. The fourth-order valence-corrected chi connectivity index (χ4v) is 3.05. The molecule has 1 saturated carbocycles. The summed E-state index contributed by atoms with van der Waals surface area (Å²) in [5.74, 6) is 0.989. The summed E-state index contributed by atoms with van der Waals surface area (Å²) >= 11 is 5.89. The minimum atomic E-state index is 0.716. The van der Waals surface area contributed by atoms with Crippen molar-refractivity contribution in [1.29, 1.82) is 0 Å². The Morgan fingerprint density at radius 3 is 2.39 bits per heavy atom. The van der Waals surface area contributed by atoms with Crippen LogP contribution in [0.3, 0.4) is 0 Å². The van der Waals surface area contributed by atoms with E-state index in [1.165, 1.54) is 44.1 Å². The molecule has 2 rings (SSSR count). The lowest BCUT2D eigenvalue weighted by atomic mass is 9.83. The smallest absolute Gasteiger partial charge is 0.0406 e. The van der Waals surface area contributed by atoms with E-state index in [0.717, 1.165) is 17.5 Å². The molecule has 0 amide bonds. The van der Waals surface area contributed by atoms with Crippen molar-refractivity contribution in [1.82, 2.24) is 5.32 Å². The second-order valence-corrected chi connectivity index (χ2v) is 5.95. The van der Waals surface area contributed by atoms with Gasteiger partial charge in [0.15, 0.2) is 0 Å². The Morgan fingerprint density at radius 1 is 1.11 bits per heavy atom. The summed E-state index contributed by atoms with van der Waals surface area (Å²) < 4.78 is 0. The number of rotatable bonds is 5. The molecule has 0 bridgehead atoms. The van der Waals surface area contributed by atoms with Gasteiger partial charge in [-0.3, -0.25) is 0 Å². The van der Waals surface area contributed by atoms with Gasteiger partial charge in [0.1, 0.15) is 0 Å². The molecule has 18 heavy (non-hydrogen) atoms. The SMILES string of the molecule is CCCC1CCC(NCc2ccc(Cl)cc2)CC1. The molecule has 1 aliphatic rings. The summed E-state index contributed by atoms with van der Waals surface area (Å²) in [6.45, 7) is 3.27. The maximum atomic E-state index is 5.89. The van der Waals surface area contributed by atoms with Crippen LogP contribution in [0.4, 0.5) is 0 Å². The lowest BCUT2D eigenvalue weighted by molar-refractivity contribution is 0.277. The Balaban J connectivity index is 1.70. The zero-order valence-corrected chi connectivity index (χ0v) is 12.0. The first kappa shape index (κ1) is 13.9. The Hall–Kier alpha value is -0.530. The van der Waals surface area contributed by atoms with E-state index in [1.54, 1.807) is 0 Å². The van der Waals surface area contributed by atoms with Gasteiger partial charge in [0.05, 0.1) is 0 Å². The fraction of sp³-hybridized carbons (Fsp3) is 0.625. The molecular weight excluding hydrogens is 242 g/mol. The van der Waals surface area contributed by atoms with Gasteiger partial charge in [0.2, 0.25) is 0 Å². The molecule has 1 nitrogen and oxygen atoms in total. The highest BCUT2D eigenvalue weighted by Gasteiger charge is 2.19. The van der Waals surface area contributed by atoms with Crippen molar-refractivity contribution >= 4 is 11.6 Å². The third kappa shape index (κ3) is 4.29. The standard InChI is InChI=1S/C16H24ClN/c1-2-3-13-6-10-16(11-7-13)18-12-14-4-8-15(17)9-5-14/h4-5,8-9,13,16,18H,2-3,6-7,10-12H2,1H3. The van der Waals surface area contributed by atoms with Gasteiger partial charge in [-0.1, -0.05) is 43.5 Å². The third-order valence-corrected chi connectivity index (χ3v) is 4.30. The predicted octanol–water partition coefficient (Wildman–Crippen LogP) is 4.79. The van der Waals surface area contributed by atoms with Crippen LogP contribution < -0.4 is 5.32 Å². The van der Waals surface area contributed by atoms with Crippen molar-refractivity contribution in [2.45, 2.75) is 58.0 Å². The summed E-state index contributed by atoms with van der Waals surface area (Å²) in [5, 5.41) is 4.50. The molecule has 1 aromatic rings. The zero-order valence-electron chi connectivity index (χ0n) is 11.3. The van der Waals surface area contributed by atoms with Crippen molar-refractivity contribution in [2.24, 2.45) is 5.92 Å². The summed E-state index contributed by atoms with van der Waals surface area (Å²) in [6.07, 6.45) is 8.27. The predicted molar refractivity (Wildman–Crippen MR) is 78.9 cm³/mol. The van der Waals surface area contributed by atoms with Gasteiger partial charge in [0.25, 0.3) is 0 Å². The zero-order chi connectivity index (χ0) is 12.8. The van der Waals surface area contributed by atoms with E-state index < -0.39 is 0 Å². The number of nitrogens with one attached hydrogen (secondary N) is 1. The van der Waals surface area contributed by atoms with Crippen LogP contribution in [0.2, 0.25) is 5.02 Å². The van der Waals surface area contributed by atoms with E-state index in [-0.39, 0.29) is 0 Å². The monoisotopic (exact) mass is 265 g/mol. The number of benzene rings is 1. The van der Waals surface area contributed by atoms with E-state index in [4.69, 9.17) is 11.6 Å². The van der Waals surface area contributed by atoms with E-state index >= 15 is 0 Å². The highest BCUT2D eigenvalue weighted by Crippen LogP contribution is 2.27. The summed E-state index contributed by atoms with van der Waals surface area (Å²) in [4.78, 5) is 0. The average Bonchev–Trinajstić information content (AvgIpc) is 2.40. The molecule has 0 heterocycles. The fourth-order valence-electron chi connectivity index (χ4n) is 2.93. The first-order valence-corrected chi connectivity index (χ1v) is 7.63. The molecule has 0 atom stereocenters. The topological polar surface area (TPSA) is 12.0 Å². The van der Waals surface area contributed by atoms with E-state index in [2.05, 4.69) is 24.4 Å². The molecule has 0 aromatic heterocycles. The van der Waals surface area contributed by atoms with Crippen LogP contribution in [0.15, 0.2) is 24.3 Å². The Bertz CT molecular complexity index is 339. The minimum Gasteiger partial charge on any atom is -0.310 e. The highest BCUT2D eigenvalue weighted by atomic mass is 35.5. The van der Waals surface area contributed by atoms with Crippen LogP contribution in [-0.4, -0.2) is 6.04 Å². The Morgan fingerprint density at radius 2 is 1.78 bits per heavy atom. The van der Waals surface area contributed by atoms with Crippen molar-refractivity contribution in [3.8, 4) is 0 Å². The minimum absolute atomic E-state index is 0.716. The Labute approximate surface area is 116 Å². The van der Waals surface area contributed by atoms with E-state index in [1.807, 2.05) is 12.1 Å². The molecule has 0 unspecified atom stereocenters. The number of hydrogen-bond acceptors (Lipinski definition) is 1. The molecule has 1 N–H and O–H groups in total. The molecular formula is C16H24ClN. The summed E-state index contributed by atoms with van der Waals surface area (Å²) in [5.41, 5.74) is 1.33. The van der Waals surface area contributed by atoms with Gasteiger partial charge in [-0.2, -0.15) is 0 Å². The summed E-state index contributed by atoms with van der Waals surface area (Å²) in [6, 6.07) is 8.87. The second-order valence-electron chi connectivity index (χ2n) is 5.51. The molecule has 1 fully saturated rings. The number of hydrogen-bond donors (Lipinski definition) is 1. The maximum absolute atomic E-state index is 5.89. The van der Waals surface area contributed by atoms with E-state index in [0.29, 0.717) is 6.04 Å². The van der Waals surface area contributed by atoms with Crippen LogP contribution in [0.25, 0.3) is 0 Å². The van der Waals surface area contributed by atoms with Crippen molar-refractivity contribution < 1.29 is 0 Å². The van der Waals surface area contributed by atoms with Crippen LogP contribution in [0, 0.1) is 5.92 Å². The highest BCUT2D eigenvalue weighted by molar-refractivity contribution is 6.30. The number of halogens is 1. The van der Waals surface area contributed by atoms with Crippen molar-refractivity contribution in [3.05, 3.63) is 34.9 Å². The van der Waals surface area contributed by atoms with Gasteiger partial charge in [0, 0.05) is 17.6 Å². The largest absolute Gasteiger partial charge is 0.310 e. The van der Waals surface area contributed by atoms with Gasteiger partial charge in [-0.25, -0.2) is 0 Å². The Kier molecular flexibility index (Phi) is 5.52. The molecule has 1 aliphatic carbocycles. The van der Waals surface area contributed by atoms with Crippen LogP contribution in [0.1, 0.15) is 51.0 Å². The van der Waals surface area contributed by atoms with E-state index in [9.17, 15) is 0 Å². The first-order chi connectivity index (χ1) is 8.78. The van der Waals surface area contributed by atoms with Gasteiger partial charge >= 0.3 is 0 Å². The van der Waals surface area contributed by atoms with Gasteiger partial charge in [-0.05, 0) is 49.3 Å². The van der Waals surface area contributed by atoms with Crippen molar-refractivity contribution in [3.63, 3.8) is 0 Å². The molecule has 1 aromatic carbocycles. The molecule has 100 valence electrons. The lowest BCUT2D eigenvalue weighted by Crippen LogP contribution is -2.32. The lowest BCUT2D eigenvalue weighted by Gasteiger charge is -2.29. The average molecular weight is 266 g/mol. The molecule has 0 saturated heterocycles. The first-order valence-electron chi connectivity index (χ1n) is 7.25. The van der Waals surface area contributed by atoms with Gasteiger partial charge < -0.3 is 5.32 Å². The normalized spacial score (nSPS) is 24.1. The molecule has 0 radical (unpaired) electrons. The molecule has 0 aliphatic heterocycles. The summed E-state index contributed by atoms with van der Waals surface area (Å²) in [7, 11) is 0. The van der Waals surface area contributed by atoms with Crippen molar-refractivity contribution in [2.75, 3.05) is 0 Å². The van der Waals surface area contributed by atoms with Crippen LogP contribution >= 0.6 is 11.6 Å². The molecule has 2 heteroatoms. The quantitative estimate of drug-likeness (QED) is 0.807. The van der Waals surface area contributed by atoms with Crippen LogP contribution in [-0.2, 0) is 6.54 Å². The van der Waals surface area contributed by atoms with Crippen LogP contribution in [0.5, 0.6) is 0 Å². The van der Waals surface area contributed by atoms with Gasteiger partial charge in [-0.15, -0.1) is 0 Å². The second kappa shape index (κ2) is 7.16.